The topological polar surface area (TPSA) is 106 Å². The van der Waals surface area contributed by atoms with Crippen molar-refractivity contribution in [3.63, 3.8) is 0 Å². The van der Waals surface area contributed by atoms with E-state index in [2.05, 4.69) is 15.0 Å². The molecule has 0 aliphatic carbocycles. The third kappa shape index (κ3) is 5.15. The number of hydrogen-bond acceptors (Lipinski definition) is 6. The highest BCUT2D eigenvalue weighted by atomic mass is 32.1. The third-order valence-electron chi connectivity index (χ3n) is 4.67. The highest BCUT2D eigenvalue weighted by Gasteiger charge is 2.22. The number of benzene rings is 2. The molecule has 156 valence electrons. The zero-order valence-corrected chi connectivity index (χ0v) is 17.7. The van der Waals surface area contributed by atoms with Gasteiger partial charge in [0, 0.05) is 13.1 Å². The molecule has 0 aliphatic heterocycles. The van der Waals surface area contributed by atoms with Gasteiger partial charge in [0.2, 0.25) is 0 Å². The first-order valence-corrected chi connectivity index (χ1v) is 10.3. The van der Waals surface area contributed by atoms with Gasteiger partial charge in [0.05, 0.1) is 12.8 Å². The lowest BCUT2D eigenvalue weighted by Crippen LogP contribution is -2.28. The maximum atomic E-state index is 12.5. The number of anilines is 1. The molecule has 3 aromatic rings. The van der Waals surface area contributed by atoms with Crippen molar-refractivity contribution in [3.8, 4) is 5.75 Å². The number of carbonyl (C=O) groups excluding carboxylic acids is 2. The second-order valence-electron chi connectivity index (χ2n) is 6.83. The lowest BCUT2D eigenvalue weighted by atomic mass is 10.0. The summed E-state index contributed by atoms with van der Waals surface area (Å²) in [5, 5.41) is 5.64. The Morgan fingerprint density at radius 3 is 2.60 bits per heavy atom. The van der Waals surface area contributed by atoms with Crippen LogP contribution in [-0.4, -0.2) is 29.8 Å². The number of hydrogen-bond donors (Lipinski definition) is 3. The normalized spacial score (nSPS) is 11.5. The van der Waals surface area contributed by atoms with E-state index in [1.165, 1.54) is 0 Å². The summed E-state index contributed by atoms with van der Waals surface area (Å²) in [4.78, 5) is 25.2. The number of methoxy groups -OCH3 is 1. The van der Waals surface area contributed by atoms with Crippen LogP contribution in [0.5, 0.6) is 5.75 Å². The first-order chi connectivity index (χ1) is 14.5. The summed E-state index contributed by atoms with van der Waals surface area (Å²) < 4.78 is 9.26. The van der Waals surface area contributed by atoms with Gasteiger partial charge in [-0.3, -0.25) is 9.59 Å². The van der Waals surface area contributed by atoms with Crippen LogP contribution in [0.15, 0.2) is 54.6 Å². The largest absolute Gasteiger partial charge is 0.497 e. The van der Waals surface area contributed by atoms with Gasteiger partial charge in [-0.1, -0.05) is 49.4 Å². The van der Waals surface area contributed by atoms with E-state index in [0.29, 0.717) is 18.8 Å². The molecular weight excluding hydrogens is 400 g/mol. The molecule has 1 heterocycles. The smallest absolute Gasteiger partial charge is 0.273 e. The van der Waals surface area contributed by atoms with E-state index in [0.717, 1.165) is 22.7 Å². The summed E-state index contributed by atoms with van der Waals surface area (Å²) in [6, 6.07) is 17.3. The quantitative estimate of drug-likeness (QED) is 0.515. The molecule has 7 nitrogen and oxygen atoms in total. The summed E-state index contributed by atoms with van der Waals surface area (Å²) in [6.07, 6.45) is 0. The predicted octanol–water partition coefficient (Wildman–Crippen LogP) is 3.20. The maximum Gasteiger partial charge on any atom is 0.273 e. The van der Waals surface area contributed by atoms with Gasteiger partial charge >= 0.3 is 0 Å². The fourth-order valence-electron chi connectivity index (χ4n) is 2.90. The first-order valence-electron chi connectivity index (χ1n) is 9.49. The van der Waals surface area contributed by atoms with Gasteiger partial charge in [-0.05, 0) is 40.7 Å². The Kier molecular flexibility index (Phi) is 7.03. The predicted molar refractivity (Wildman–Crippen MR) is 118 cm³/mol. The fourth-order valence-corrected chi connectivity index (χ4v) is 3.61. The second-order valence-corrected chi connectivity index (χ2v) is 7.60. The lowest BCUT2D eigenvalue weighted by molar-refractivity contribution is 0.0946. The molecule has 3 rings (SSSR count). The molecular formula is C22H24N4O3S. The number of aromatic nitrogens is 1. The van der Waals surface area contributed by atoms with Crippen LogP contribution < -0.4 is 21.1 Å². The summed E-state index contributed by atoms with van der Waals surface area (Å²) in [5.74, 6) is 0.0939. The van der Waals surface area contributed by atoms with Crippen LogP contribution in [-0.2, 0) is 6.54 Å². The van der Waals surface area contributed by atoms with Crippen molar-refractivity contribution >= 4 is 29.0 Å². The number of rotatable bonds is 8. The molecule has 0 fully saturated rings. The zero-order chi connectivity index (χ0) is 21.5. The van der Waals surface area contributed by atoms with E-state index >= 15 is 0 Å². The molecule has 0 saturated carbocycles. The number of nitrogens with two attached hydrogens (primary N) is 1. The Morgan fingerprint density at radius 1 is 1.10 bits per heavy atom. The van der Waals surface area contributed by atoms with Crippen molar-refractivity contribution in [2.75, 3.05) is 19.4 Å². The summed E-state index contributed by atoms with van der Waals surface area (Å²) in [5.41, 5.74) is 8.20. The van der Waals surface area contributed by atoms with E-state index in [-0.39, 0.29) is 28.1 Å². The van der Waals surface area contributed by atoms with E-state index in [1.54, 1.807) is 7.11 Å². The Morgan fingerprint density at radius 2 is 1.87 bits per heavy atom. The van der Waals surface area contributed by atoms with Gasteiger partial charge < -0.3 is 21.1 Å². The van der Waals surface area contributed by atoms with Crippen LogP contribution in [0.2, 0.25) is 0 Å². The number of carbonyl (C=O) groups is 2. The minimum absolute atomic E-state index is 0.0594. The van der Waals surface area contributed by atoms with E-state index in [4.69, 9.17) is 10.5 Å². The maximum absolute atomic E-state index is 12.5. The van der Waals surface area contributed by atoms with E-state index < -0.39 is 5.91 Å². The summed E-state index contributed by atoms with van der Waals surface area (Å²) in [7, 11) is 1.58. The third-order valence-corrected chi connectivity index (χ3v) is 5.54. The highest BCUT2D eigenvalue weighted by molar-refractivity contribution is 7.09. The summed E-state index contributed by atoms with van der Waals surface area (Å²) >= 11 is 0.920. The van der Waals surface area contributed by atoms with Crippen molar-refractivity contribution in [2.45, 2.75) is 19.4 Å². The Labute approximate surface area is 179 Å². The van der Waals surface area contributed by atoms with Crippen molar-refractivity contribution < 1.29 is 14.3 Å². The Hall–Kier alpha value is -3.39. The van der Waals surface area contributed by atoms with Crippen LogP contribution in [0, 0.1) is 0 Å². The molecule has 0 unspecified atom stereocenters. The molecule has 0 aliphatic rings. The molecule has 0 saturated heterocycles. The molecule has 2 amide bonds. The van der Waals surface area contributed by atoms with Crippen molar-refractivity contribution in [2.24, 2.45) is 0 Å². The van der Waals surface area contributed by atoms with E-state index in [9.17, 15) is 9.59 Å². The molecule has 0 spiro atoms. The molecule has 4 N–H and O–H groups in total. The van der Waals surface area contributed by atoms with Crippen LogP contribution in [0.4, 0.5) is 5.69 Å². The van der Waals surface area contributed by atoms with Crippen molar-refractivity contribution in [1.29, 1.82) is 0 Å². The lowest BCUT2D eigenvalue weighted by Gasteiger charge is -2.12. The van der Waals surface area contributed by atoms with Crippen LogP contribution in [0.25, 0.3) is 0 Å². The average Bonchev–Trinajstić information content (AvgIpc) is 3.17. The fraction of sp³-hybridized carbons (Fsp3) is 0.227. The van der Waals surface area contributed by atoms with Gasteiger partial charge in [-0.2, -0.15) is 4.37 Å². The van der Waals surface area contributed by atoms with Gasteiger partial charge in [-0.15, -0.1) is 0 Å². The van der Waals surface area contributed by atoms with Gasteiger partial charge in [0.1, 0.15) is 10.6 Å². The van der Waals surface area contributed by atoms with Crippen molar-refractivity contribution in [1.82, 2.24) is 15.0 Å². The van der Waals surface area contributed by atoms with Crippen LogP contribution in [0.1, 0.15) is 44.1 Å². The Bertz CT molecular complexity index is 1020. The number of ether oxygens (including phenoxy) is 1. The number of amides is 2. The van der Waals surface area contributed by atoms with Crippen LogP contribution >= 0.6 is 11.5 Å². The second kappa shape index (κ2) is 9.89. The molecule has 0 bridgehead atoms. The minimum Gasteiger partial charge on any atom is -0.497 e. The van der Waals surface area contributed by atoms with E-state index in [1.807, 2.05) is 61.5 Å². The number of nitrogen functional groups attached to an aromatic ring is 1. The standard InChI is InChI=1S/C22H24N4O3S/c1-14(16-8-4-3-5-9-16)12-24-22(28)20-18(23)19(26-30-20)21(27)25-13-15-7-6-10-17(11-15)29-2/h3-11,14H,12-13,23H2,1-2H3,(H,24,28)(H,25,27)/t14-/m1/s1. The number of nitrogens with zero attached hydrogens (tertiary/aromatic N) is 1. The summed E-state index contributed by atoms with van der Waals surface area (Å²) in [6.45, 7) is 2.78. The molecule has 1 aromatic heterocycles. The first kappa shape index (κ1) is 21.3. The monoisotopic (exact) mass is 424 g/mol. The Balaban J connectivity index is 1.58. The SMILES string of the molecule is COc1cccc(CNC(=O)c2nsc(C(=O)NC[C@@H](C)c3ccccc3)c2N)c1. The van der Waals surface area contributed by atoms with Gasteiger partial charge in [0.25, 0.3) is 11.8 Å². The molecule has 0 radical (unpaired) electrons. The molecule has 2 aromatic carbocycles. The highest BCUT2D eigenvalue weighted by Crippen LogP contribution is 2.22. The molecule has 1 atom stereocenters. The van der Waals surface area contributed by atoms with Crippen molar-refractivity contribution in [3.05, 3.63) is 76.3 Å². The molecule has 30 heavy (non-hydrogen) atoms. The average molecular weight is 425 g/mol. The number of nitrogens with one attached hydrogen (secondary N) is 2. The zero-order valence-electron chi connectivity index (χ0n) is 16.8. The van der Waals surface area contributed by atoms with Crippen LogP contribution in [0.3, 0.4) is 0 Å². The molecule has 8 heteroatoms. The van der Waals surface area contributed by atoms with Gasteiger partial charge in [-0.25, -0.2) is 0 Å². The van der Waals surface area contributed by atoms with Gasteiger partial charge in [0.15, 0.2) is 5.69 Å². The minimum atomic E-state index is -0.428.